The Balaban J connectivity index is 1.97. The fourth-order valence-electron chi connectivity index (χ4n) is 2.00. The zero-order valence-electron chi connectivity index (χ0n) is 13.8. The summed E-state index contributed by atoms with van der Waals surface area (Å²) in [5.41, 5.74) is 2.24. The second-order valence-corrected chi connectivity index (χ2v) is 6.02. The molecule has 6 nitrogen and oxygen atoms in total. The molecule has 0 saturated carbocycles. The Morgan fingerprint density at radius 2 is 1.52 bits per heavy atom. The van der Waals surface area contributed by atoms with E-state index in [4.69, 9.17) is 4.74 Å². The van der Waals surface area contributed by atoms with E-state index in [0.29, 0.717) is 16.9 Å². The van der Waals surface area contributed by atoms with Crippen molar-refractivity contribution in [3.8, 4) is 0 Å². The zero-order chi connectivity index (χ0) is 18.4. The lowest BCUT2D eigenvalue weighted by Gasteiger charge is -2.08. The quantitative estimate of drug-likeness (QED) is 0.602. The number of hydrogen-bond acceptors (Lipinski definition) is 4. The van der Waals surface area contributed by atoms with E-state index in [1.54, 1.807) is 25.1 Å². The summed E-state index contributed by atoms with van der Waals surface area (Å²) in [7, 11) is 0. The lowest BCUT2D eigenvalue weighted by Crippen LogP contribution is -2.29. The molecule has 0 aromatic heterocycles. The molecule has 0 spiro atoms. The van der Waals surface area contributed by atoms with Gasteiger partial charge in [0.25, 0.3) is 0 Å². The molecule has 0 aliphatic heterocycles. The van der Waals surface area contributed by atoms with Crippen molar-refractivity contribution < 1.29 is 19.1 Å². The molecule has 0 aliphatic rings. The highest BCUT2D eigenvalue weighted by Crippen LogP contribution is 2.20. The topological polar surface area (TPSA) is 84.5 Å². The van der Waals surface area contributed by atoms with Gasteiger partial charge in [0.2, 0.25) is 0 Å². The maximum absolute atomic E-state index is 12.0. The highest BCUT2D eigenvalue weighted by atomic mass is 79.9. The minimum absolute atomic E-state index is 0.285. The zero-order valence-corrected chi connectivity index (χ0v) is 15.3. The second-order valence-electron chi connectivity index (χ2n) is 5.17. The Bertz CT molecular complexity index is 803. The molecule has 0 heterocycles. The molecule has 2 amide bonds. The van der Waals surface area contributed by atoms with Crippen LogP contribution in [0.4, 0.5) is 11.4 Å². The van der Waals surface area contributed by atoms with Crippen LogP contribution in [0.3, 0.4) is 0 Å². The van der Waals surface area contributed by atoms with Gasteiger partial charge in [-0.05, 0) is 61.9 Å². The average molecular weight is 405 g/mol. The number of ether oxygens (including phenoxy) is 1. The second kappa shape index (κ2) is 8.43. The fourth-order valence-corrected chi connectivity index (χ4v) is 2.25. The van der Waals surface area contributed by atoms with E-state index in [1.165, 1.54) is 24.3 Å². The molecule has 7 heteroatoms. The van der Waals surface area contributed by atoms with Crippen molar-refractivity contribution in [2.45, 2.75) is 13.8 Å². The number of carbonyl (C=O) groups is 3. The van der Waals surface area contributed by atoms with Crippen molar-refractivity contribution in [2.75, 3.05) is 17.2 Å². The third-order valence-electron chi connectivity index (χ3n) is 3.28. The van der Waals surface area contributed by atoms with E-state index in [0.717, 1.165) is 10.0 Å². The molecule has 0 bridgehead atoms. The predicted octanol–water partition coefficient (Wildman–Crippen LogP) is 3.51. The molecule has 25 heavy (non-hydrogen) atoms. The Morgan fingerprint density at radius 1 is 0.960 bits per heavy atom. The van der Waals surface area contributed by atoms with Crippen LogP contribution in [0.15, 0.2) is 46.9 Å². The van der Waals surface area contributed by atoms with Gasteiger partial charge in [0.05, 0.1) is 12.2 Å². The van der Waals surface area contributed by atoms with Gasteiger partial charge in [0.15, 0.2) is 0 Å². The summed E-state index contributed by atoms with van der Waals surface area (Å²) >= 11 is 3.37. The largest absolute Gasteiger partial charge is 0.462 e. The van der Waals surface area contributed by atoms with Gasteiger partial charge in [-0.15, -0.1) is 0 Å². The number of benzene rings is 2. The molecule has 0 saturated heterocycles. The first-order valence-electron chi connectivity index (χ1n) is 7.56. The smallest absolute Gasteiger partial charge is 0.338 e. The first kappa shape index (κ1) is 18.7. The van der Waals surface area contributed by atoms with Crippen molar-refractivity contribution in [3.05, 3.63) is 58.1 Å². The van der Waals surface area contributed by atoms with Crippen LogP contribution in [0, 0.1) is 6.92 Å². The van der Waals surface area contributed by atoms with Crippen LogP contribution in [0.1, 0.15) is 22.8 Å². The average Bonchev–Trinajstić information content (AvgIpc) is 2.59. The minimum atomic E-state index is -0.801. The minimum Gasteiger partial charge on any atom is -0.462 e. The summed E-state index contributed by atoms with van der Waals surface area (Å²) in [4.78, 5) is 35.5. The number of anilines is 2. The Kier molecular flexibility index (Phi) is 6.30. The van der Waals surface area contributed by atoms with Crippen LogP contribution in [0.2, 0.25) is 0 Å². The van der Waals surface area contributed by atoms with Crippen molar-refractivity contribution in [2.24, 2.45) is 0 Å². The van der Waals surface area contributed by atoms with Crippen LogP contribution < -0.4 is 10.6 Å². The summed E-state index contributed by atoms with van der Waals surface area (Å²) in [5.74, 6) is -2.02. The van der Waals surface area contributed by atoms with E-state index >= 15 is 0 Å². The Labute approximate surface area is 153 Å². The Morgan fingerprint density at radius 3 is 2.08 bits per heavy atom. The number of rotatable bonds is 4. The predicted molar refractivity (Wildman–Crippen MR) is 98.5 cm³/mol. The van der Waals surface area contributed by atoms with Crippen molar-refractivity contribution >= 4 is 45.1 Å². The lowest BCUT2D eigenvalue weighted by molar-refractivity contribution is -0.132. The molecule has 2 aromatic rings. The molecule has 2 aromatic carbocycles. The van der Waals surface area contributed by atoms with Crippen LogP contribution in [0.5, 0.6) is 0 Å². The molecule has 2 N–H and O–H groups in total. The summed E-state index contributed by atoms with van der Waals surface area (Å²) < 4.78 is 5.79. The monoisotopic (exact) mass is 404 g/mol. The highest BCUT2D eigenvalue weighted by Gasteiger charge is 2.15. The van der Waals surface area contributed by atoms with Gasteiger partial charge in [-0.25, -0.2) is 4.79 Å². The number of esters is 1. The molecule has 0 aliphatic carbocycles. The Hall–Kier alpha value is -2.67. The molecule has 0 fully saturated rings. The van der Waals surface area contributed by atoms with Gasteiger partial charge >= 0.3 is 17.8 Å². The van der Waals surface area contributed by atoms with Crippen LogP contribution >= 0.6 is 15.9 Å². The van der Waals surface area contributed by atoms with Gasteiger partial charge in [0.1, 0.15) is 0 Å². The summed E-state index contributed by atoms with van der Waals surface area (Å²) in [5, 5.41) is 5.00. The molecular weight excluding hydrogens is 388 g/mol. The number of aryl methyl sites for hydroxylation is 1. The van der Waals surface area contributed by atoms with Gasteiger partial charge in [-0.1, -0.05) is 15.9 Å². The van der Waals surface area contributed by atoms with Crippen molar-refractivity contribution in [1.29, 1.82) is 0 Å². The molecule has 130 valence electrons. The van der Waals surface area contributed by atoms with Crippen LogP contribution in [0.25, 0.3) is 0 Å². The first-order valence-corrected chi connectivity index (χ1v) is 8.35. The first-order chi connectivity index (χ1) is 11.9. The number of nitrogens with one attached hydrogen (secondary N) is 2. The van der Waals surface area contributed by atoms with Gasteiger partial charge in [-0.3, -0.25) is 9.59 Å². The SMILES string of the molecule is CCOC(=O)c1ccc(NC(=O)C(=O)Nc2ccc(Br)c(C)c2)cc1. The summed E-state index contributed by atoms with van der Waals surface area (Å²) in [6.07, 6.45) is 0. The summed E-state index contributed by atoms with van der Waals surface area (Å²) in [6, 6.07) is 11.3. The van der Waals surface area contributed by atoms with Gasteiger partial charge < -0.3 is 15.4 Å². The van der Waals surface area contributed by atoms with E-state index in [2.05, 4.69) is 26.6 Å². The molecule has 0 radical (unpaired) electrons. The van der Waals surface area contributed by atoms with E-state index in [1.807, 2.05) is 6.92 Å². The third kappa shape index (κ3) is 5.15. The number of halogens is 1. The number of hydrogen-bond donors (Lipinski definition) is 2. The number of carbonyl (C=O) groups excluding carboxylic acids is 3. The third-order valence-corrected chi connectivity index (χ3v) is 4.17. The molecule has 0 unspecified atom stereocenters. The molecule has 0 atom stereocenters. The summed E-state index contributed by atoms with van der Waals surface area (Å²) in [6.45, 7) is 3.88. The number of amides is 2. The van der Waals surface area contributed by atoms with E-state index in [-0.39, 0.29) is 6.61 Å². The van der Waals surface area contributed by atoms with Gasteiger partial charge in [0, 0.05) is 15.8 Å². The van der Waals surface area contributed by atoms with Crippen molar-refractivity contribution in [3.63, 3.8) is 0 Å². The maximum atomic E-state index is 12.0. The van der Waals surface area contributed by atoms with Crippen LogP contribution in [-0.2, 0) is 14.3 Å². The normalized spacial score (nSPS) is 10.0. The van der Waals surface area contributed by atoms with Crippen molar-refractivity contribution in [1.82, 2.24) is 0 Å². The van der Waals surface area contributed by atoms with Gasteiger partial charge in [-0.2, -0.15) is 0 Å². The highest BCUT2D eigenvalue weighted by molar-refractivity contribution is 9.10. The lowest BCUT2D eigenvalue weighted by atomic mass is 10.2. The molecule has 2 rings (SSSR count). The van der Waals surface area contributed by atoms with E-state index < -0.39 is 17.8 Å². The maximum Gasteiger partial charge on any atom is 0.338 e. The molecular formula is C18H17BrN2O4. The van der Waals surface area contributed by atoms with E-state index in [9.17, 15) is 14.4 Å². The fraction of sp³-hybridized carbons (Fsp3) is 0.167. The standard InChI is InChI=1S/C18H17BrN2O4/c1-3-25-18(24)12-4-6-13(7-5-12)20-16(22)17(23)21-14-8-9-15(19)11(2)10-14/h4-10H,3H2,1-2H3,(H,20,22)(H,21,23). The van der Waals surface area contributed by atoms with Crippen LogP contribution in [-0.4, -0.2) is 24.4 Å².